The van der Waals surface area contributed by atoms with Gasteiger partial charge in [0.15, 0.2) is 0 Å². The first-order chi connectivity index (χ1) is 9.24. The zero-order valence-corrected chi connectivity index (χ0v) is 11.9. The van der Waals surface area contributed by atoms with E-state index < -0.39 is 0 Å². The molecule has 0 aliphatic carbocycles. The van der Waals surface area contributed by atoms with Gasteiger partial charge in [0.1, 0.15) is 0 Å². The van der Waals surface area contributed by atoms with E-state index in [9.17, 15) is 0 Å². The van der Waals surface area contributed by atoms with Crippen LogP contribution in [0.1, 0.15) is 42.6 Å². The van der Waals surface area contributed by atoms with Crippen molar-refractivity contribution in [3.05, 3.63) is 65.5 Å². The highest BCUT2D eigenvalue weighted by Crippen LogP contribution is 2.31. The van der Waals surface area contributed by atoms with Crippen molar-refractivity contribution in [3.8, 4) is 0 Å². The second kappa shape index (κ2) is 6.48. The van der Waals surface area contributed by atoms with Gasteiger partial charge in [-0.1, -0.05) is 44.2 Å². The molecule has 19 heavy (non-hydrogen) atoms. The number of pyridine rings is 1. The molecular formula is C17H22N2. The first kappa shape index (κ1) is 13.8. The number of aryl methyl sites for hydroxylation is 1. The Morgan fingerprint density at radius 3 is 2.47 bits per heavy atom. The Morgan fingerprint density at radius 2 is 1.84 bits per heavy atom. The lowest BCUT2D eigenvalue weighted by atomic mass is 9.89. The van der Waals surface area contributed by atoms with E-state index >= 15 is 0 Å². The molecule has 1 N–H and O–H groups in total. The second-order valence-corrected chi connectivity index (χ2v) is 4.94. The molecule has 0 aliphatic rings. The van der Waals surface area contributed by atoms with Gasteiger partial charge in [-0.15, -0.1) is 0 Å². The predicted octanol–water partition coefficient (Wildman–Crippen LogP) is 3.84. The Balaban J connectivity index is 2.33. The summed E-state index contributed by atoms with van der Waals surface area (Å²) in [5, 5.41) is 3.60. The summed E-state index contributed by atoms with van der Waals surface area (Å²) in [6, 6.07) is 15.0. The Kier molecular flexibility index (Phi) is 4.69. The Morgan fingerprint density at radius 1 is 1.11 bits per heavy atom. The quantitative estimate of drug-likeness (QED) is 0.876. The molecule has 2 atom stereocenters. The summed E-state index contributed by atoms with van der Waals surface area (Å²) in [6.07, 6.45) is 1.87. The highest BCUT2D eigenvalue weighted by atomic mass is 14.9. The predicted molar refractivity (Wildman–Crippen MR) is 80.2 cm³/mol. The summed E-state index contributed by atoms with van der Waals surface area (Å²) >= 11 is 0. The summed E-state index contributed by atoms with van der Waals surface area (Å²) in [5.74, 6) is 0.349. The zero-order valence-electron chi connectivity index (χ0n) is 11.9. The van der Waals surface area contributed by atoms with Gasteiger partial charge in [0, 0.05) is 23.9 Å². The second-order valence-electron chi connectivity index (χ2n) is 4.94. The van der Waals surface area contributed by atoms with Crippen LogP contribution in [0.4, 0.5) is 0 Å². The van der Waals surface area contributed by atoms with Crippen molar-refractivity contribution in [1.82, 2.24) is 10.3 Å². The molecule has 100 valence electrons. The first-order valence-electron chi connectivity index (χ1n) is 6.94. The van der Waals surface area contributed by atoms with E-state index in [0.29, 0.717) is 12.0 Å². The van der Waals surface area contributed by atoms with Gasteiger partial charge in [-0.25, -0.2) is 0 Å². The van der Waals surface area contributed by atoms with E-state index in [1.807, 2.05) is 12.3 Å². The van der Waals surface area contributed by atoms with Crippen molar-refractivity contribution in [2.45, 2.75) is 32.7 Å². The van der Waals surface area contributed by atoms with Gasteiger partial charge >= 0.3 is 0 Å². The Hall–Kier alpha value is -1.67. The molecule has 0 radical (unpaired) electrons. The van der Waals surface area contributed by atoms with Gasteiger partial charge in [-0.05, 0) is 36.7 Å². The standard InChI is InChI=1S/C17H22N2/c1-4-18-17(15-10-6-5-9-13(15)2)14(3)16-11-7-8-12-19-16/h5-12,14,17-18H,4H2,1-3H3. The van der Waals surface area contributed by atoms with Gasteiger partial charge in [0.05, 0.1) is 0 Å². The van der Waals surface area contributed by atoms with Crippen LogP contribution < -0.4 is 5.32 Å². The lowest BCUT2D eigenvalue weighted by molar-refractivity contribution is 0.470. The average molecular weight is 254 g/mol. The maximum absolute atomic E-state index is 4.50. The SMILES string of the molecule is CCNC(c1ccccc1C)C(C)c1ccccn1. The lowest BCUT2D eigenvalue weighted by Gasteiger charge is -2.26. The van der Waals surface area contributed by atoms with Gasteiger partial charge in [0.2, 0.25) is 0 Å². The van der Waals surface area contributed by atoms with Crippen molar-refractivity contribution < 1.29 is 0 Å². The van der Waals surface area contributed by atoms with Crippen LogP contribution in [0.2, 0.25) is 0 Å². The van der Waals surface area contributed by atoms with Crippen molar-refractivity contribution in [2.24, 2.45) is 0 Å². The number of nitrogens with one attached hydrogen (secondary N) is 1. The molecule has 0 amide bonds. The summed E-state index contributed by atoms with van der Waals surface area (Å²) < 4.78 is 0. The molecule has 0 saturated carbocycles. The highest BCUT2D eigenvalue weighted by molar-refractivity contribution is 5.31. The van der Waals surface area contributed by atoms with Crippen molar-refractivity contribution in [1.29, 1.82) is 0 Å². The molecule has 0 spiro atoms. The number of benzene rings is 1. The molecule has 2 nitrogen and oxygen atoms in total. The summed E-state index contributed by atoms with van der Waals surface area (Å²) in [6.45, 7) is 7.51. The van der Waals surface area contributed by atoms with Crippen LogP contribution >= 0.6 is 0 Å². The van der Waals surface area contributed by atoms with Crippen molar-refractivity contribution >= 4 is 0 Å². The minimum atomic E-state index is 0.307. The van der Waals surface area contributed by atoms with Crippen LogP contribution in [0.15, 0.2) is 48.7 Å². The van der Waals surface area contributed by atoms with Crippen LogP contribution in [0.5, 0.6) is 0 Å². The fourth-order valence-corrected chi connectivity index (χ4v) is 2.53. The Labute approximate surface area is 115 Å². The van der Waals surface area contributed by atoms with E-state index in [1.165, 1.54) is 11.1 Å². The van der Waals surface area contributed by atoms with E-state index in [-0.39, 0.29) is 0 Å². The van der Waals surface area contributed by atoms with Crippen molar-refractivity contribution in [3.63, 3.8) is 0 Å². The molecule has 1 aromatic heterocycles. The van der Waals surface area contributed by atoms with Gasteiger partial charge in [-0.2, -0.15) is 0 Å². The molecular weight excluding hydrogens is 232 g/mol. The van der Waals surface area contributed by atoms with E-state index in [0.717, 1.165) is 12.2 Å². The number of nitrogens with zero attached hydrogens (tertiary/aromatic N) is 1. The molecule has 2 heteroatoms. The monoisotopic (exact) mass is 254 g/mol. The molecule has 0 bridgehead atoms. The third kappa shape index (κ3) is 3.21. The molecule has 2 aromatic rings. The first-order valence-corrected chi connectivity index (χ1v) is 6.94. The summed E-state index contributed by atoms with van der Waals surface area (Å²) in [7, 11) is 0. The normalized spacial score (nSPS) is 14.1. The van der Waals surface area contributed by atoms with Crippen LogP contribution in [0, 0.1) is 6.92 Å². The minimum absolute atomic E-state index is 0.307. The Bertz CT molecular complexity index is 508. The van der Waals surface area contributed by atoms with Gasteiger partial charge in [-0.3, -0.25) is 4.98 Å². The lowest BCUT2D eigenvalue weighted by Crippen LogP contribution is -2.26. The fraction of sp³-hybridized carbons (Fsp3) is 0.353. The maximum Gasteiger partial charge on any atom is 0.0450 e. The largest absolute Gasteiger partial charge is 0.310 e. The smallest absolute Gasteiger partial charge is 0.0450 e. The third-order valence-electron chi connectivity index (χ3n) is 3.60. The molecule has 0 aliphatic heterocycles. The summed E-state index contributed by atoms with van der Waals surface area (Å²) in [4.78, 5) is 4.50. The highest BCUT2D eigenvalue weighted by Gasteiger charge is 2.21. The van der Waals surface area contributed by atoms with Crippen LogP contribution in [-0.4, -0.2) is 11.5 Å². The molecule has 1 aromatic carbocycles. The van der Waals surface area contributed by atoms with E-state index in [2.05, 4.69) is 67.5 Å². The van der Waals surface area contributed by atoms with E-state index in [4.69, 9.17) is 0 Å². The molecule has 0 saturated heterocycles. The molecule has 2 unspecified atom stereocenters. The molecule has 2 rings (SSSR count). The third-order valence-corrected chi connectivity index (χ3v) is 3.60. The van der Waals surface area contributed by atoms with Crippen LogP contribution in [0.3, 0.4) is 0 Å². The zero-order chi connectivity index (χ0) is 13.7. The average Bonchev–Trinajstić information content (AvgIpc) is 2.46. The molecule has 0 fully saturated rings. The topological polar surface area (TPSA) is 24.9 Å². The van der Waals surface area contributed by atoms with E-state index in [1.54, 1.807) is 0 Å². The number of rotatable bonds is 5. The number of aromatic nitrogens is 1. The van der Waals surface area contributed by atoms with Gasteiger partial charge < -0.3 is 5.32 Å². The fourth-order valence-electron chi connectivity index (χ4n) is 2.53. The van der Waals surface area contributed by atoms with Crippen LogP contribution in [0.25, 0.3) is 0 Å². The van der Waals surface area contributed by atoms with Gasteiger partial charge in [0.25, 0.3) is 0 Å². The number of likely N-dealkylation sites (N-methyl/N-ethyl adjacent to an activating group) is 1. The summed E-state index contributed by atoms with van der Waals surface area (Å²) in [5.41, 5.74) is 3.83. The number of hydrogen-bond acceptors (Lipinski definition) is 2. The molecule has 1 heterocycles. The maximum atomic E-state index is 4.50. The van der Waals surface area contributed by atoms with Crippen molar-refractivity contribution in [2.75, 3.05) is 6.54 Å². The number of hydrogen-bond donors (Lipinski definition) is 1. The minimum Gasteiger partial charge on any atom is -0.310 e. The van der Waals surface area contributed by atoms with Crippen LogP contribution in [-0.2, 0) is 0 Å².